The molecule has 0 spiro atoms. The van der Waals surface area contributed by atoms with Crippen molar-refractivity contribution in [1.82, 2.24) is 14.7 Å². The van der Waals surface area contributed by atoms with Gasteiger partial charge in [0.15, 0.2) is 0 Å². The highest BCUT2D eigenvalue weighted by atomic mass is 16.5. The van der Waals surface area contributed by atoms with Gasteiger partial charge in [-0.2, -0.15) is 0 Å². The molecule has 8 nitrogen and oxygen atoms in total. The van der Waals surface area contributed by atoms with Crippen molar-refractivity contribution in [2.24, 2.45) is 94.7 Å². The molecule has 2 aliphatic carbocycles. The van der Waals surface area contributed by atoms with Gasteiger partial charge in [-0.25, -0.2) is 0 Å². The van der Waals surface area contributed by atoms with Gasteiger partial charge in [-0.1, -0.05) is 111 Å². The van der Waals surface area contributed by atoms with Crippen molar-refractivity contribution in [3.8, 4) is 0 Å². The molecule has 7 saturated heterocycles. The van der Waals surface area contributed by atoms with Crippen molar-refractivity contribution >= 4 is 5.78 Å². The van der Waals surface area contributed by atoms with E-state index in [1.165, 1.54) is 97.1 Å². The average Bonchev–Trinajstić information content (AvgIpc) is 4.10. The van der Waals surface area contributed by atoms with E-state index in [2.05, 4.69) is 147 Å². The average molecular weight is 977 g/mol. The van der Waals surface area contributed by atoms with Crippen LogP contribution in [0.3, 0.4) is 0 Å². The van der Waals surface area contributed by atoms with Gasteiger partial charge in [0.25, 0.3) is 0 Å². The minimum absolute atomic E-state index is 0.448. The van der Waals surface area contributed by atoms with Crippen LogP contribution >= 0.6 is 0 Å². The zero-order valence-corrected chi connectivity index (χ0v) is 49.5. The Morgan fingerprint density at radius 2 is 0.899 bits per heavy atom. The highest BCUT2D eigenvalue weighted by molar-refractivity contribution is 5.84. The first kappa shape index (κ1) is 64.5. The van der Waals surface area contributed by atoms with Crippen LogP contribution < -0.4 is 0 Å². The summed E-state index contributed by atoms with van der Waals surface area (Å²) in [5.41, 5.74) is 0. The van der Waals surface area contributed by atoms with Gasteiger partial charge < -0.3 is 33.6 Å². The van der Waals surface area contributed by atoms with Gasteiger partial charge in [-0.15, -0.1) is 0 Å². The number of ketones is 1. The van der Waals surface area contributed by atoms with Crippen LogP contribution in [0.4, 0.5) is 0 Å². The molecule has 8 heteroatoms. The number of hydrogen-bond donors (Lipinski definition) is 0. The van der Waals surface area contributed by atoms with Gasteiger partial charge in [0, 0.05) is 58.2 Å². The Morgan fingerprint density at radius 3 is 1.13 bits per heavy atom. The first-order valence-corrected chi connectivity index (χ1v) is 29.4. The maximum Gasteiger partial charge on any atom is 0.133 e. The molecule has 0 aromatic rings. The number of likely N-dealkylation sites (tertiary alicyclic amines) is 3. The predicted molar refractivity (Wildman–Crippen MR) is 296 cm³/mol. The SMILES string of the molecule is CC(C)C1CC(=O)C1.CC(C)C1CC2CC1CO2.CC(C)C1CCCO1.CC(C)C1CCN(C)C1.CC(C)C1CCN(C)CC1.CC(C)C1CCOCC1.CC(C)C1CN(C)C1.CC(C)C1COC1. The van der Waals surface area contributed by atoms with Crippen LogP contribution in [0.25, 0.3) is 0 Å². The molecule has 410 valence electrons. The first-order valence-electron chi connectivity index (χ1n) is 29.4. The van der Waals surface area contributed by atoms with Crippen LogP contribution in [0.5, 0.6) is 0 Å². The monoisotopic (exact) mass is 976 g/mol. The van der Waals surface area contributed by atoms with Crippen LogP contribution in [-0.2, 0) is 23.7 Å². The Balaban J connectivity index is 0.000000271. The second-order valence-electron chi connectivity index (χ2n) is 26.2. The zero-order chi connectivity index (χ0) is 51.8. The number of rotatable bonds is 8. The lowest BCUT2D eigenvalue weighted by atomic mass is 9.77. The summed E-state index contributed by atoms with van der Waals surface area (Å²) < 4.78 is 21.2. The first-order chi connectivity index (χ1) is 32.5. The molecule has 5 unspecified atom stereocenters. The molecule has 9 rings (SSSR count). The second kappa shape index (κ2) is 34.8. The van der Waals surface area contributed by atoms with E-state index in [1.54, 1.807) is 0 Å². The Kier molecular flexibility index (Phi) is 32.5. The molecule has 2 saturated carbocycles. The number of nitrogens with zero attached hydrogens (tertiary/aromatic N) is 3. The van der Waals surface area contributed by atoms with Crippen molar-refractivity contribution in [2.75, 3.05) is 100 Å². The van der Waals surface area contributed by atoms with Crippen LogP contribution in [0.2, 0.25) is 0 Å². The van der Waals surface area contributed by atoms with E-state index in [9.17, 15) is 4.79 Å². The van der Waals surface area contributed by atoms with Crippen LogP contribution in [-0.4, -0.2) is 133 Å². The molecule has 0 aromatic carbocycles. The van der Waals surface area contributed by atoms with Gasteiger partial charge in [0.2, 0.25) is 0 Å². The normalized spacial score (nSPS) is 28.0. The van der Waals surface area contributed by atoms with Gasteiger partial charge >= 0.3 is 0 Å². The molecule has 9 aliphatic rings. The van der Waals surface area contributed by atoms with E-state index >= 15 is 0 Å². The standard InChI is InChI=1S/C9H19N.C9H16O.C8H17N.C8H16O.C7H15N.C7H12O.C7H14O.C6H12O/c1-8(2)9-4-6-10(3)7-5-9;1-6(2)9-4-8-3-7(9)5-10-8;1-7(2)8-4-5-9(3)6-8;1-7(2)8-3-5-9-6-4-8;1-6(2)7-4-8(3)5-7;1-5(2)6-3-7(8)4-6;1-6(2)7-4-3-5-8-7;1-5(2)6-3-7-4-6/h8-9H,4-7H2,1-3H3;6-9H,3-5H2,1-2H3;7-8H,4-6H2,1-3H3;7-8H,3-6H2,1-2H3;6-7H,4-5H2,1-3H3;5-6H,3-4H2,1-2H3;6-7H,3-5H2,1-2H3;5-6H,3-4H2,1-2H3. The smallest absolute Gasteiger partial charge is 0.133 e. The highest BCUT2D eigenvalue weighted by Gasteiger charge is 2.41. The summed E-state index contributed by atoms with van der Waals surface area (Å²) in [4.78, 5) is 17.6. The molecule has 7 aliphatic heterocycles. The van der Waals surface area contributed by atoms with Gasteiger partial charge in [-0.3, -0.25) is 4.79 Å². The molecule has 0 radical (unpaired) electrons. The van der Waals surface area contributed by atoms with Crippen LogP contribution in [0, 0.1) is 94.7 Å². The van der Waals surface area contributed by atoms with Crippen molar-refractivity contribution < 1.29 is 23.7 Å². The van der Waals surface area contributed by atoms with E-state index < -0.39 is 0 Å². The topological polar surface area (TPSA) is 63.7 Å². The highest BCUT2D eigenvalue weighted by Crippen LogP contribution is 2.43. The van der Waals surface area contributed by atoms with E-state index in [0.29, 0.717) is 29.8 Å². The third-order valence-electron chi connectivity index (χ3n) is 17.7. The number of fused-ring (bicyclic) bond motifs is 2. The molecule has 5 atom stereocenters. The molecule has 0 amide bonds. The number of carbonyl (C=O) groups is 1. The molecule has 7 heterocycles. The van der Waals surface area contributed by atoms with E-state index in [-0.39, 0.29) is 0 Å². The van der Waals surface area contributed by atoms with E-state index in [1.807, 2.05) is 0 Å². The Bertz CT molecular complexity index is 1240. The van der Waals surface area contributed by atoms with Gasteiger partial charge in [0.1, 0.15) is 5.78 Å². The summed E-state index contributed by atoms with van der Waals surface area (Å²) in [6.07, 6.45) is 14.9. The quantitative estimate of drug-likeness (QED) is 0.238. The fourth-order valence-corrected chi connectivity index (χ4v) is 11.0. The van der Waals surface area contributed by atoms with Crippen molar-refractivity contribution in [2.45, 2.75) is 194 Å². The summed E-state index contributed by atoms with van der Waals surface area (Å²) in [6.45, 7) is 50.4. The lowest BCUT2D eigenvalue weighted by Gasteiger charge is -2.38. The summed E-state index contributed by atoms with van der Waals surface area (Å²) >= 11 is 0. The van der Waals surface area contributed by atoms with Gasteiger partial charge in [-0.05, 0) is 187 Å². The lowest BCUT2D eigenvalue weighted by Crippen LogP contribution is -2.46. The number of piperidine rings is 1. The predicted octanol–water partition coefficient (Wildman–Crippen LogP) is 13.7. The summed E-state index contributed by atoms with van der Waals surface area (Å²) in [7, 11) is 6.61. The summed E-state index contributed by atoms with van der Waals surface area (Å²) in [6, 6.07) is 0. The minimum atomic E-state index is 0.448. The number of Topliss-reactive ketones (excluding diaryl/α,β-unsaturated/α-hetero) is 1. The third-order valence-corrected chi connectivity index (χ3v) is 17.7. The second-order valence-corrected chi connectivity index (χ2v) is 26.2. The molecular weight excluding hydrogens is 855 g/mol. The fourth-order valence-electron chi connectivity index (χ4n) is 11.0. The molecule has 69 heavy (non-hydrogen) atoms. The van der Waals surface area contributed by atoms with Crippen LogP contribution in [0.1, 0.15) is 181 Å². The maximum absolute atomic E-state index is 10.4. The van der Waals surface area contributed by atoms with Crippen molar-refractivity contribution in [3.63, 3.8) is 0 Å². The largest absolute Gasteiger partial charge is 0.381 e. The minimum Gasteiger partial charge on any atom is -0.381 e. The zero-order valence-electron chi connectivity index (χ0n) is 49.5. The van der Waals surface area contributed by atoms with Crippen molar-refractivity contribution in [3.05, 3.63) is 0 Å². The molecular formula is C61H121N3O5. The van der Waals surface area contributed by atoms with E-state index in [0.717, 1.165) is 135 Å². The number of hydrogen-bond acceptors (Lipinski definition) is 8. The molecule has 9 fully saturated rings. The van der Waals surface area contributed by atoms with Crippen molar-refractivity contribution in [1.29, 1.82) is 0 Å². The lowest BCUT2D eigenvalue weighted by molar-refractivity contribution is -0.128. The molecule has 0 N–H and O–H groups in total. The van der Waals surface area contributed by atoms with Crippen LogP contribution in [0.15, 0.2) is 0 Å². The Morgan fingerprint density at radius 1 is 0.420 bits per heavy atom. The third kappa shape index (κ3) is 26.4. The fraction of sp³-hybridized carbons (Fsp3) is 0.984. The van der Waals surface area contributed by atoms with E-state index in [4.69, 9.17) is 18.9 Å². The summed E-state index contributed by atoms with van der Waals surface area (Å²) in [5.74, 6) is 14.4. The number of carbonyl (C=O) groups excluding carboxylic acids is 1. The summed E-state index contributed by atoms with van der Waals surface area (Å²) in [5, 5.41) is 0. The number of ether oxygens (including phenoxy) is 4. The molecule has 2 bridgehead atoms. The van der Waals surface area contributed by atoms with Gasteiger partial charge in [0.05, 0.1) is 32.0 Å². The maximum atomic E-state index is 10.4. The Hall–Kier alpha value is -0.610. The Labute approximate surface area is 431 Å². The molecule has 0 aromatic heterocycles.